The maximum absolute atomic E-state index is 12.5. The highest BCUT2D eigenvalue weighted by Gasteiger charge is 2.53. The second-order valence-electron chi connectivity index (χ2n) is 10.9. The Morgan fingerprint density at radius 2 is 1.52 bits per heavy atom. The number of piperidine rings is 1. The third kappa shape index (κ3) is 3.86. The topological polar surface area (TPSA) is 44.4 Å². The minimum atomic E-state index is 0.0369. The highest BCUT2D eigenvalue weighted by molar-refractivity contribution is 5.74. The van der Waals surface area contributed by atoms with Gasteiger partial charge in [0.1, 0.15) is 0 Å². The molecule has 2 aromatic rings. The lowest BCUT2D eigenvalue weighted by molar-refractivity contribution is 0.168. The van der Waals surface area contributed by atoms with Crippen LogP contribution in [0.15, 0.2) is 48.5 Å². The Hall–Kier alpha value is -2.33. The Kier molecular flexibility index (Phi) is 5.65. The van der Waals surface area contributed by atoms with Crippen LogP contribution in [-0.2, 0) is 5.41 Å². The predicted octanol–water partition coefficient (Wildman–Crippen LogP) is 5.17. The van der Waals surface area contributed by atoms with E-state index in [0.29, 0.717) is 17.9 Å². The van der Waals surface area contributed by atoms with Crippen molar-refractivity contribution in [3.8, 4) is 0 Å². The number of hydrogen-bond donors (Lipinski definition) is 2. The van der Waals surface area contributed by atoms with Gasteiger partial charge in [-0.05, 0) is 60.3 Å². The van der Waals surface area contributed by atoms with Gasteiger partial charge in [-0.2, -0.15) is 0 Å². The zero-order valence-corrected chi connectivity index (χ0v) is 19.7. The number of amides is 2. The molecule has 2 fully saturated rings. The smallest absolute Gasteiger partial charge is 0.315 e. The summed E-state index contributed by atoms with van der Waals surface area (Å²) < 4.78 is 0. The predicted molar refractivity (Wildman–Crippen MR) is 133 cm³/mol. The van der Waals surface area contributed by atoms with Gasteiger partial charge in [-0.1, -0.05) is 67.8 Å². The summed E-state index contributed by atoms with van der Waals surface area (Å²) in [7, 11) is 0. The number of carbonyl (C=O) groups excluding carboxylic acids is 1. The average molecular weight is 444 g/mol. The van der Waals surface area contributed by atoms with E-state index in [1.165, 1.54) is 38.5 Å². The second-order valence-corrected chi connectivity index (χ2v) is 10.9. The van der Waals surface area contributed by atoms with Gasteiger partial charge in [-0.25, -0.2) is 4.79 Å². The van der Waals surface area contributed by atoms with Gasteiger partial charge < -0.3 is 15.5 Å². The van der Waals surface area contributed by atoms with Gasteiger partial charge in [0.2, 0.25) is 0 Å². The van der Waals surface area contributed by atoms with Crippen LogP contribution in [0.25, 0.3) is 0 Å². The first-order chi connectivity index (χ1) is 16.2. The van der Waals surface area contributed by atoms with Crippen LogP contribution >= 0.6 is 0 Å². The quantitative estimate of drug-likeness (QED) is 0.670. The SMILES string of the molecule is O=C(NCC1CCCCC1)NC1CCN(CC23CC(c4ccccc42)c2ccccc23)CC1. The molecule has 1 saturated heterocycles. The Morgan fingerprint density at radius 1 is 0.879 bits per heavy atom. The molecule has 2 amide bonds. The zero-order chi connectivity index (χ0) is 22.3. The lowest BCUT2D eigenvalue weighted by atomic mass is 9.74. The largest absolute Gasteiger partial charge is 0.338 e. The number of nitrogens with zero attached hydrogens (tertiary/aromatic N) is 1. The number of urea groups is 1. The molecular formula is C29H37N3O. The molecule has 0 radical (unpaired) electrons. The summed E-state index contributed by atoms with van der Waals surface area (Å²) in [5.41, 5.74) is 6.33. The first-order valence-electron chi connectivity index (χ1n) is 13.2. The molecule has 0 aromatic heterocycles. The van der Waals surface area contributed by atoms with Crippen LogP contribution in [0.4, 0.5) is 4.79 Å². The molecule has 1 saturated carbocycles. The van der Waals surface area contributed by atoms with Crippen molar-refractivity contribution >= 4 is 6.03 Å². The molecule has 1 heterocycles. The average Bonchev–Trinajstić information content (AvgIpc) is 3.37. The van der Waals surface area contributed by atoms with Crippen LogP contribution in [0.3, 0.4) is 0 Å². The molecule has 174 valence electrons. The highest BCUT2D eigenvalue weighted by Crippen LogP contribution is 2.60. The van der Waals surface area contributed by atoms with Crippen LogP contribution in [0.5, 0.6) is 0 Å². The highest BCUT2D eigenvalue weighted by atomic mass is 16.2. The fourth-order valence-corrected chi connectivity index (χ4v) is 7.29. The van der Waals surface area contributed by atoms with E-state index in [4.69, 9.17) is 0 Å². The maximum Gasteiger partial charge on any atom is 0.315 e. The molecule has 2 bridgehead atoms. The van der Waals surface area contributed by atoms with E-state index in [0.717, 1.165) is 39.0 Å². The molecule has 4 aliphatic rings. The van der Waals surface area contributed by atoms with Gasteiger partial charge in [0.15, 0.2) is 0 Å². The lowest BCUT2D eigenvalue weighted by Crippen LogP contribution is -2.50. The summed E-state index contributed by atoms with van der Waals surface area (Å²) in [5, 5.41) is 6.41. The van der Waals surface area contributed by atoms with E-state index in [-0.39, 0.29) is 11.4 Å². The van der Waals surface area contributed by atoms with E-state index >= 15 is 0 Å². The normalized spacial score (nSPS) is 27.2. The monoisotopic (exact) mass is 443 g/mol. The van der Waals surface area contributed by atoms with Crippen LogP contribution < -0.4 is 10.6 Å². The van der Waals surface area contributed by atoms with Crippen molar-refractivity contribution in [2.24, 2.45) is 5.92 Å². The van der Waals surface area contributed by atoms with Crippen molar-refractivity contribution in [1.82, 2.24) is 15.5 Å². The van der Waals surface area contributed by atoms with Gasteiger partial charge in [0.25, 0.3) is 0 Å². The van der Waals surface area contributed by atoms with Gasteiger partial charge in [-0.15, -0.1) is 0 Å². The summed E-state index contributed by atoms with van der Waals surface area (Å²) >= 11 is 0. The van der Waals surface area contributed by atoms with Crippen molar-refractivity contribution < 1.29 is 4.79 Å². The van der Waals surface area contributed by atoms with Gasteiger partial charge in [0, 0.05) is 43.6 Å². The van der Waals surface area contributed by atoms with Crippen LogP contribution in [0, 0.1) is 5.92 Å². The molecule has 2 aromatic carbocycles. The lowest BCUT2D eigenvalue weighted by Gasteiger charge is -2.40. The van der Waals surface area contributed by atoms with E-state index in [1.807, 2.05) is 0 Å². The van der Waals surface area contributed by atoms with Gasteiger partial charge in [0.05, 0.1) is 0 Å². The number of nitrogens with one attached hydrogen (secondary N) is 2. The number of carbonyl (C=O) groups is 1. The molecule has 0 atom stereocenters. The fraction of sp³-hybridized carbons (Fsp3) is 0.552. The fourth-order valence-electron chi connectivity index (χ4n) is 7.29. The van der Waals surface area contributed by atoms with Crippen molar-refractivity contribution in [3.63, 3.8) is 0 Å². The molecule has 4 nitrogen and oxygen atoms in total. The van der Waals surface area contributed by atoms with Crippen molar-refractivity contribution in [2.45, 2.75) is 68.7 Å². The van der Waals surface area contributed by atoms with Crippen LogP contribution in [0.1, 0.15) is 79.5 Å². The summed E-state index contributed by atoms with van der Waals surface area (Å²) in [6.45, 7) is 4.06. The summed E-state index contributed by atoms with van der Waals surface area (Å²) in [6, 6.07) is 18.6. The number of likely N-dealkylation sites (tertiary alicyclic amines) is 1. The summed E-state index contributed by atoms with van der Waals surface area (Å²) in [6.07, 6.45) is 9.85. The Bertz CT molecular complexity index is 956. The third-order valence-corrected chi connectivity index (χ3v) is 8.95. The van der Waals surface area contributed by atoms with Crippen molar-refractivity contribution in [2.75, 3.05) is 26.2 Å². The Balaban J connectivity index is 1.07. The maximum atomic E-state index is 12.5. The molecule has 0 unspecified atom stereocenters. The van der Waals surface area contributed by atoms with E-state index < -0.39 is 0 Å². The molecule has 2 N–H and O–H groups in total. The van der Waals surface area contributed by atoms with E-state index in [2.05, 4.69) is 64.1 Å². The molecule has 6 rings (SSSR count). The van der Waals surface area contributed by atoms with Gasteiger partial charge in [-0.3, -0.25) is 0 Å². The Morgan fingerprint density at radius 3 is 2.18 bits per heavy atom. The third-order valence-electron chi connectivity index (χ3n) is 8.95. The number of fused-ring (bicyclic) bond motifs is 8. The zero-order valence-electron chi connectivity index (χ0n) is 19.7. The number of rotatable bonds is 5. The number of hydrogen-bond acceptors (Lipinski definition) is 2. The van der Waals surface area contributed by atoms with Crippen LogP contribution in [-0.4, -0.2) is 43.2 Å². The molecule has 3 aliphatic carbocycles. The molecule has 0 spiro atoms. The minimum Gasteiger partial charge on any atom is -0.338 e. The first-order valence-corrected chi connectivity index (χ1v) is 13.2. The molecule has 4 heteroatoms. The minimum absolute atomic E-state index is 0.0369. The standard InChI is InChI=1S/C29H37N3O/c33-28(30-19-21-8-2-1-3-9-21)31-22-14-16-32(17-15-22)20-29-18-25(23-10-4-6-12-26(23)29)24-11-5-7-13-27(24)29/h4-7,10-13,21-22,25H,1-3,8-9,14-20H2,(H2,30,31,33). The van der Waals surface area contributed by atoms with Gasteiger partial charge >= 0.3 is 6.03 Å². The Labute approximate surface area is 198 Å². The second kappa shape index (κ2) is 8.79. The molecule has 33 heavy (non-hydrogen) atoms. The summed E-state index contributed by atoms with van der Waals surface area (Å²) in [5.74, 6) is 1.24. The first kappa shape index (κ1) is 21.2. The van der Waals surface area contributed by atoms with Crippen molar-refractivity contribution in [3.05, 3.63) is 70.8 Å². The van der Waals surface area contributed by atoms with E-state index in [9.17, 15) is 4.79 Å². The molecular weight excluding hydrogens is 406 g/mol. The number of benzene rings is 2. The summed E-state index contributed by atoms with van der Waals surface area (Å²) in [4.78, 5) is 15.1. The van der Waals surface area contributed by atoms with Crippen LogP contribution in [0.2, 0.25) is 0 Å². The van der Waals surface area contributed by atoms with E-state index in [1.54, 1.807) is 22.3 Å². The molecule has 1 aliphatic heterocycles. The van der Waals surface area contributed by atoms with Crippen molar-refractivity contribution in [1.29, 1.82) is 0 Å².